The Hall–Kier alpha value is -3.93. The molecule has 0 saturated carbocycles. The van der Waals surface area contributed by atoms with Crippen molar-refractivity contribution in [3.05, 3.63) is 99.0 Å². The van der Waals surface area contributed by atoms with Gasteiger partial charge in [-0.25, -0.2) is 13.4 Å². The molecule has 3 aromatic carbocycles. The minimum absolute atomic E-state index is 0.0564. The third kappa shape index (κ3) is 9.28. The molecule has 0 aliphatic rings. The summed E-state index contributed by atoms with van der Waals surface area (Å²) < 4.78 is 36.9. The molecule has 0 radical (unpaired) electrons. The van der Waals surface area contributed by atoms with Crippen molar-refractivity contribution in [3.8, 4) is 11.5 Å². The summed E-state index contributed by atoms with van der Waals surface area (Å²) in [6.07, 6.45) is 0.762. The number of thiazole rings is 1. The fraction of sp³-hybridized carbons (Fsp3) is 0.281. The summed E-state index contributed by atoms with van der Waals surface area (Å²) in [7, 11) is -3.49. The number of nitrogens with zero attached hydrogens (tertiary/aromatic N) is 1. The quantitative estimate of drug-likeness (QED) is 0.175. The second-order valence-corrected chi connectivity index (χ2v) is 14.6. The van der Waals surface area contributed by atoms with Crippen LogP contribution in [0.1, 0.15) is 53.8 Å². The van der Waals surface area contributed by atoms with Crippen LogP contribution in [-0.2, 0) is 33.1 Å². The minimum atomic E-state index is -3.49. The number of hydrogen-bond donors (Lipinski definition) is 2. The van der Waals surface area contributed by atoms with Crippen LogP contribution in [0.4, 0.5) is 5.69 Å². The summed E-state index contributed by atoms with van der Waals surface area (Å²) in [5.74, 6) is -0.405. The van der Waals surface area contributed by atoms with Gasteiger partial charge in [-0.05, 0) is 73.0 Å². The van der Waals surface area contributed by atoms with Crippen molar-refractivity contribution in [2.24, 2.45) is 5.73 Å². The molecule has 12 heteroatoms. The number of nitrogens with two attached hydrogens (primary N) is 1. The molecule has 1 aromatic heterocycles. The summed E-state index contributed by atoms with van der Waals surface area (Å²) in [5.41, 5.74) is 7.62. The maximum atomic E-state index is 13.3. The number of halogens is 1. The molecular formula is C32H34ClN3O6S2. The van der Waals surface area contributed by atoms with Crippen LogP contribution < -0.4 is 20.5 Å². The summed E-state index contributed by atoms with van der Waals surface area (Å²) in [6.45, 7) is 6.19. The molecular weight excluding hydrogens is 622 g/mol. The third-order valence-electron chi connectivity index (χ3n) is 6.49. The van der Waals surface area contributed by atoms with Crippen LogP contribution >= 0.6 is 22.9 Å². The van der Waals surface area contributed by atoms with Crippen molar-refractivity contribution >= 4 is 50.3 Å². The average Bonchev–Trinajstić information content (AvgIpc) is 3.46. The van der Waals surface area contributed by atoms with Crippen LogP contribution in [0.5, 0.6) is 11.5 Å². The standard InChI is InChI=1S/C32H34ClN3O6S2/c1-32(2,3)28-20-43-30(36-28)19-41-24-8-4-7-22(17-24)31(38)35-26-16-21(9-14-27(26)42-18-29(34)37)6-5-15-44(39,40)25-12-10-23(33)11-13-25/h4,7-14,16-17,20H,5-6,15,18-19H2,1-3H3,(H2,34,37)(H,35,38). The molecule has 0 atom stereocenters. The second kappa shape index (κ2) is 14.2. The van der Waals surface area contributed by atoms with E-state index in [4.69, 9.17) is 26.8 Å². The predicted octanol–water partition coefficient (Wildman–Crippen LogP) is 6.20. The highest BCUT2D eigenvalue weighted by Crippen LogP contribution is 2.29. The topological polar surface area (TPSA) is 138 Å². The number of primary amides is 1. The maximum absolute atomic E-state index is 13.3. The van der Waals surface area contributed by atoms with Crippen LogP contribution in [0, 0.1) is 0 Å². The Morgan fingerprint density at radius 3 is 2.45 bits per heavy atom. The van der Waals surface area contributed by atoms with Crippen molar-refractivity contribution in [1.82, 2.24) is 4.98 Å². The molecule has 0 aliphatic heterocycles. The van der Waals surface area contributed by atoms with Gasteiger partial charge in [-0.1, -0.05) is 44.5 Å². The highest BCUT2D eigenvalue weighted by Gasteiger charge is 2.18. The van der Waals surface area contributed by atoms with Gasteiger partial charge in [0.1, 0.15) is 23.1 Å². The maximum Gasteiger partial charge on any atom is 0.255 e. The van der Waals surface area contributed by atoms with Gasteiger partial charge >= 0.3 is 0 Å². The normalized spacial score (nSPS) is 11.6. The molecule has 9 nitrogen and oxygen atoms in total. The van der Waals surface area contributed by atoms with E-state index in [1.54, 1.807) is 54.6 Å². The number of anilines is 1. The number of nitrogens with one attached hydrogen (secondary N) is 1. The van der Waals surface area contributed by atoms with Gasteiger partial charge in [0.2, 0.25) is 0 Å². The lowest BCUT2D eigenvalue weighted by atomic mass is 9.93. The van der Waals surface area contributed by atoms with E-state index in [1.165, 1.54) is 23.5 Å². The van der Waals surface area contributed by atoms with Crippen LogP contribution in [-0.4, -0.2) is 37.6 Å². The molecule has 232 valence electrons. The van der Waals surface area contributed by atoms with Gasteiger partial charge in [-0.2, -0.15) is 0 Å². The first-order valence-corrected chi connectivity index (χ1v) is 16.7. The van der Waals surface area contributed by atoms with E-state index >= 15 is 0 Å². The Balaban J connectivity index is 1.44. The molecule has 3 N–H and O–H groups in total. The number of hydrogen-bond acceptors (Lipinski definition) is 8. The fourth-order valence-electron chi connectivity index (χ4n) is 4.12. The number of ether oxygens (including phenoxy) is 2. The Morgan fingerprint density at radius 2 is 1.77 bits per heavy atom. The van der Waals surface area contributed by atoms with E-state index in [1.807, 2.05) is 5.38 Å². The zero-order chi connectivity index (χ0) is 31.9. The Morgan fingerprint density at radius 1 is 1.02 bits per heavy atom. The van der Waals surface area contributed by atoms with Crippen molar-refractivity contribution in [2.75, 3.05) is 17.7 Å². The zero-order valence-corrected chi connectivity index (χ0v) is 27.0. The minimum Gasteiger partial charge on any atom is -0.486 e. The molecule has 44 heavy (non-hydrogen) atoms. The van der Waals surface area contributed by atoms with Crippen LogP contribution in [0.15, 0.2) is 77.0 Å². The first-order valence-electron chi connectivity index (χ1n) is 13.8. The lowest BCUT2D eigenvalue weighted by Gasteiger charge is -2.14. The van der Waals surface area contributed by atoms with E-state index < -0.39 is 21.7 Å². The fourth-order valence-corrected chi connectivity index (χ4v) is 6.49. The lowest BCUT2D eigenvalue weighted by molar-refractivity contribution is -0.119. The SMILES string of the molecule is CC(C)(C)c1csc(COc2cccc(C(=O)Nc3cc(CCCS(=O)(=O)c4ccc(Cl)cc4)ccc3OCC(N)=O)c2)n1. The van der Waals surface area contributed by atoms with Crippen molar-refractivity contribution in [1.29, 1.82) is 0 Å². The number of aromatic nitrogens is 1. The van der Waals surface area contributed by atoms with E-state index in [0.29, 0.717) is 34.9 Å². The van der Waals surface area contributed by atoms with Gasteiger partial charge in [0.15, 0.2) is 16.4 Å². The van der Waals surface area contributed by atoms with Gasteiger partial charge < -0.3 is 20.5 Å². The number of amides is 2. The zero-order valence-electron chi connectivity index (χ0n) is 24.6. The Kier molecular flexibility index (Phi) is 10.7. The first-order chi connectivity index (χ1) is 20.8. The lowest BCUT2D eigenvalue weighted by Crippen LogP contribution is -2.21. The second-order valence-electron chi connectivity index (χ2n) is 11.1. The van der Waals surface area contributed by atoms with Crippen LogP contribution in [0.3, 0.4) is 0 Å². The summed E-state index contributed by atoms with van der Waals surface area (Å²) in [4.78, 5) is 29.5. The molecule has 2 amide bonds. The van der Waals surface area contributed by atoms with Crippen molar-refractivity contribution < 1.29 is 27.5 Å². The van der Waals surface area contributed by atoms with E-state index in [0.717, 1.165) is 16.3 Å². The summed E-state index contributed by atoms with van der Waals surface area (Å²) >= 11 is 7.40. The largest absolute Gasteiger partial charge is 0.486 e. The number of benzene rings is 3. The Bertz CT molecular complexity index is 1730. The van der Waals surface area contributed by atoms with E-state index in [-0.39, 0.29) is 35.0 Å². The number of carbonyl (C=O) groups is 2. The highest BCUT2D eigenvalue weighted by molar-refractivity contribution is 7.91. The van der Waals surface area contributed by atoms with Gasteiger partial charge in [-0.3, -0.25) is 9.59 Å². The molecule has 0 fully saturated rings. The molecule has 0 spiro atoms. The first kappa shape index (κ1) is 33.0. The number of carbonyl (C=O) groups excluding carboxylic acids is 2. The molecule has 4 aromatic rings. The average molecular weight is 656 g/mol. The highest BCUT2D eigenvalue weighted by atomic mass is 35.5. The molecule has 0 bridgehead atoms. The summed E-state index contributed by atoms with van der Waals surface area (Å²) in [6, 6.07) is 17.9. The number of rotatable bonds is 13. The molecule has 0 aliphatic carbocycles. The van der Waals surface area contributed by atoms with E-state index in [2.05, 4.69) is 31.1 Å². The van der Waals surface area contributed by atoms with Gasteiger partial charge in [0.25, 0.3) is 11.8 Å². The number of aryl methyl sites for hydroxylation is 1. The molecule has 0 saturated heterocycles. The molecule has 0 unspecified atom stereocenters. The smallest absolute Gasteiger partial charge is 0.255 e. The van der Waals surface area contributed by atoms with E-state index in [9.17, 15) is 18.0 Å². The molecule has 1 heterocycles. The predicted molar refractivity (Wildman–Crippen MR) is 172 cm³/mol. The van der Waals surface area contributed by atoms with Crippen molar-refractivity contribution in [3.63, 3.8) is 0 Å². The number of sulfone groups is 1. The van der Waals surface area contributed by atoms with Crippen LogP contribution in [0.25, 0.3) is 0 Å². The van der Waals surface area contributed by atoms with Gasteiger partial charge in [0, 0.05) is 21.4 Å². The van der Waals surface area contributed by atoms with Crippen molar-refractivity contribution in [2.45, 2.75) is 50.5 Å². The summed E-state index contributed by atoms with van der Waals surface area (Å²) in [5, 5.41) is 6.15. The monoisotopic (exact) mass is 655 g/mol. The molecule has 4 rings (SSSR count). The van der Waals surface area contributed by atoms with Crippen LogP contribution in [0.2, 0.25) is 5.02 Å². The Labute approximate surface area is 266 Å². The third-order valence-corrected chi connectivity index (χ3v) is 9.38. The van der Waals surface area contributed by atoms with Gasteiger partial charge in [0.05, 0.1) is 22.0 Å². The van der Waals surface area contributed by atoms with Gasteiger partial charge in [-0.15, -0.1) is 11.3 Å².